The van der Waals surface area contributed by atoms with E-state index in [1.807, 2.05) is 0 Å². The first-order valence-electron chi connectivity index (χ1n) is 6.31. The molecule has 0 saturated heterocycles. The number of aromatic nitrogens is 4. The summed E-state index contributed by atoms with van der Waals surface area (Å²) in [5.74, 6) is 0.272. The first-order chi connectivity index (χ1) is 9.59. The third kappa shape index (κ3) is 3.36. The van der Waals surface area contributed by atoms with Crippen molar-refractivity contribution in [3.8, 4) is 6.07 Å². The number of nitriles is 1. The van der Waals surface area contributed by atoms with Gasteiger partial charge in [-0.3, -0.25) is 4.79 Å². The molecule has 8 heteroatoms. The van der Waals surface area contributed by atoms with Crippen molar-refractivity contribution >= 4 is 17.7 Å². The summed E-state index contributed by atoms with van der Waals surface area (Å²) in [6.45, 7) is 5.88. The van der Waals surface area contributed by atoms with Gasteiger partial charge in [0.2, 0.25) is 11.1 Å². The molecule has 1 saturated carbocycles. The Balaban J connectivity index is 1.87. The van der Waals surface area contributed by atoms with Crippen LogP contribution in [0.3, 0.4) is 0 Å². The molecule has 1 amide bonds. The first-order valence-corrected chi connectivity index (χ1v) is 7.29. The quantitative estimate of drug-likeness (QED) is 0.588. The lowest BCUT2D eigenvalue weighted by atomic mass is 9.98. The fraction of sp³-hybridized carbons (Fsp3) is 0.583. The summed E-state index contributed by atoms with van der Waals surface area (Å²) in [4.78, 5) is 11.9. The van der Waals surface area contributed by atoms with Gasteiger partial charge in [0.05, 0.1) is 18.4 Å². The molecule has 106 valence electrons. The highest BCUT2D eigenvalue weighted by molar-refractivity contribution is 7.99. The number of tetrazole rings is 1. The summed E-state index contributed by atoms with van der Waals surface area (Å²) >= 11 is 1.24. The van der Waals surface area contributed by atoms with Crippen molar-refractivity contribution in [3.05, 3.63) is 12.7 Å². The average molecular weight is 292 g/mol. The monoisotopic (exact) mass is 292 g/mol. The van der Waals surface area contributed by atoms with Gasteiger partial charge < -0.3 is 5.32 Å². The summed E-state index contributed by atoms with van der Waals surface area (Å²) in [6, 6.07) is 2.20. The third-order valence-corrected chi connectivity index (χ3v) is 4.12. The molecular formula is C12H16N6OS. The lowest BCUT2D eigenvalue weighted by molar-refractivity contribution is -0.119. The average Bonchev–Trinajstić information content (AvgIpc) is 3.20. The van der Waals surface area contributed by atoms with E-state index in [0.29, 0.717) is 11.7 Å². The van der Waals surface area contributed by atoms with Crippen molar-refractivity contribution < 1.29 is 4.79 Å². The lowest BCUT2D eigenvalue weighted by Crippen LogP contribution is -2.47. The van der Waals surface area contributed by atoms with E-state index in [2.05, 4.69) is 33.5 Å². The second kappa shape index (κ2) is 6.05. The molecular weight excluding hydrogens is 276 g/mol. The molecule has 0 bridgehead atoms. The van der Waals surface area contributed by atoms with E-state index in [0.717, 1.165) is 12.8 Å². The Labute approximate surface area is 121 Å². The van der Waals surface area contributed by atoms with Crippen LogP contribution in [0.5, 0.6) is 0 Å². The van der Waals surface area contributed by atoms with Gasteiger partial charge in [0.25, 0.3) is 0 Å². The Morgan fingerprint density at radius 3 is 3.10 bits per heavy atom. The van der Waals surface area contributed by atoms with Gasteiger partial charge in [0, 0.05) is 0 Å². The number of nitrogens with one attached hydrogen (secondary N) is 1. The minimum atomic E-state index is -0.759. The van der Waals surface area contributed by atoms with Crippen LogP contribution in [0.1, 0.15) is 19.8 Å². The van der Waals surface area contributed by atoms with Crippen LogP contribution in [0.25, 0.3) is 0 Å². The number of thioether (sulfide) groups is 1. The van der Waals surface area contributed by atoms with E-state index in [9.17, 15) is 10.1 Å². The zero-order valence-corrected chi connectivity index (χ0v) is 12.1. The predicted octanol–water partition coefficient (Wildman–Crippen LogP) is 0.760. The number of amides is 1. The summed E-state index contributed by atoms with van der Waals surface area (Å²) in [7, 11) is 0. The van der Waals surface area contributed by atoms with Crippen molar-refractivity contribution in [2.24, 2.45) is 5.92 Å². The van der Waals surface area contributed by atoms with Crippen molar-refractivity contribution in [3.63, 3.8) is 0 Å². The van der Waals surface area contributed by atoms with Gasteiger partial charge in [-0.15, -0.1) is 11.7 Å². The molecule has 1 fully saturated rings. The number of carbonyl (C=O) groups excluding carboxylic acids is 1. The molecule has 0 radical (unpaired) electrons. The summed E-state index contributed by atoms with van der Waals surface area (Å²) in [5, 5.41) is 23.7. The molecule has 7 nitrogen and oxygen atoms in total. The molecule has 1 unspecified atom stereocenters. The molecule has 1 aliphatic rings. The highest BCUT2D eigenvalue weighted by Crippen LogP contribution is 2.39. The molecule has 20 heavy (non-hydrogen) atoms. The maximum absolute atomic E-state index is 11.9. The Kier molecular flexibility index (Phi) is 4.39. The van der Waals surface area contributed by atoms with E-state index >= 15 is 0 Å². The zero-order chi connectivity index (χ0) is 14.6. The number of nitrogens with zero attached hydrogens (tertiary/aromatic N) is 5. The third-order valence-electron chi connectivity index (χ3n) is 3.16. The Morgan fingerprint density at radius 2 is 2.50 bits per heavy atom. The largest absolute Gasteiger partial charge is 0.337 e. The maximum atomic E-state index is 11.9. The van der Waals surface area contributed by atoms with Crippen LogP contribution in [0.15, 0.2) is 17.8 Å². The van der Waals surface area contributed by atoms with E-state index in [1.54, 1.807) is 17.7 Å². The van der Waals surface area contributed by atoms with Crippen LogP contribution in [0, 0.1) is 17.2 Å². The summed E-state index contributed by atoms with van der Waals surface area (Å²) in [5.41, 5.74) is -0.759. The van der Waals surface area contributed by atoms with E-state index in [4.69, 9.17) is 0 Å². The van der Waals surface area contributed by atoms with Gasteiger partial charge >= 0.3 is 0 Å². The predicted molar refractivity (Wildman–Crippen MR) is 73.6 cm³/mol. The lowest BCUT2D eigenvalue weighted by Gasteiger charge is -2.22. The second-order valence-electron chi connectivity index (χ2n) is 4.86. The second-order valence-corrected chi connectivity index (χ2v) is 5.80. The van der Waals surface area contributed by atoms with Crippen molar-refractivity contribution in [1.82, 2.24) is 25.5 Å². The van der Waals surface area contributed by atoms with E-state index in [-0.39, 0.29) is 17.6 Å². The van der Waals surface area contributed by atoms with Gasteiger partial charge in [-0.25, -0.2) is 4.68 Å². The standard InChI is InChI=1S/C12H16N6OS/c1-3-6-18-11(15-16-17-18)20-7-10(19)14-12(2,8-13)9-4-5-9/h3,9H,1,4-7H2,2H3,(H,14,19). The maximum Gasteiger partial charge on any atom is 0.231 e. The molecule has 0 spiro atoms. The zero-order valence-electron chi connectivity index (χ0n) is 11.2. The van der Waals surface area contributed by atoms with Crippen molar-refractivity contribution in [1.29, 1.82) is 5.26 Å². The van der Waals surface area contributed by atoms with Gasteiger partial charge in [0.1, 0.15) is 5.54 Å². The summed E-state index contributed by atoms with van der Waals surface area (Å²) in [6.07, 6.45) is 3.67. The molecule has 1 heterocycles. The van der Waals surface area contributed by atoms with Crippen LogP contribution >= 0.6 is 11.8 Å². The number of hydrogen-bond acceptors (Lipinski definition) is 6. The van der Waals surface area contributed by atoms with Crippen molar-refractivity contribution in [2.45, 2.75) is 37.0 Å². The highest BCUT2D eigenvalue weighted by Gasteiger charge is 2.42. The van der Waals surface area contributed by atoms with Gasteiger partial charge in [-0.1, -0.05) is 17.8 Å². The topological polar surface area (TPSA) is 96.5 Å². The Bertz CT molecular complexity index is 546. The smallest absolute Gasteiger partial charge is 0.231 e. The van der Waals surface area contributed by atoms with Crippen LogP contribution < -0.4 is 5.32 Å². The molecule has 1 aromatic heterocycles. The molecule has 1 N–H and O–H groups in total. The van der Waals surface area contributed by atoms with Gasteiger partial charge in [-0.05, 0) is 36.1 Å². The fourth-order valence-corrected chi connectivity index (χ4v) is 2.56. The fourth-order valence-electron chi connectivity index (χ4n) is 1.87. The Hall–Kier alpha value is -1.88. The number of allylic oxidation sites excluding steroid dienone is 1. The summed E-state index contributed by atoms with van der Waals surface area (Å²) < 4.78 is 1.56. The normalized spacial score (nSPS) is 17.0. The van der Waals surface area contributed by atoms with Crippen LogP contribution in [0.2, 0.25) is 0 Å². The Morgan fingerprint density at radius 1 is 1.75 bits per heavy atom. The van der Waals surface area contributed by atoms with Crippen LogP contribution in [-0.4, -0.2) is 37.4 Å². The molecule has 0 aliphatic heterocycles. The molecule has 2 rings (SSSR count). The van der Waals surface area contributed by atoms with Crippen molar-refractivity contribution in [2.75, 3.05) is 5.75 Å². The van der Waals surface area contributed by atoms with E-state index < -0.39 is 5.54 Å². The van der Waals surface area contributed by atoms with Gasteiger partial charge in [-0.2, -0.15) is 5.26 Å². The highest BCUT2D eigenvalue weighted by atomic mass is 32.2. The molecule has 1 aromatic rings. The molecule has 0 aromatic carbocycles. The first kappa shape index (κ1) is 14.5. The number of rotatable bonds is 7. The van der Waals surface area contributed by atoms with Gasteiger partial charge in [0.15, 0.2) is 0 Å². The molecule has 1 atom stereocenters. The SMILES string of the molecule is C=CCn1nnnc1SCC(=O)NC(C)(C#N)C1CC1. The van der Waals surface area contributed by atoms with E-state index in [1.165, 1.54) is 11.8 Å². The van der Waals surface area contributed by atoms with Crippen LogP contribution in [0.4, 0.5) is 0 Å². The minimum Gasteiger partial charge on any atom is -0.337 e. The number of hydrogen-bond donors (Lipinski definition) is 1. The molecule has 1 aliphatic carbocycles. The minimum absolute atomic E-state index is 0.181. The number of carbonyl (C=O) groups is 1. The van der Waals surface area contributed by atoms with Crippen LogP contribution in [-0.2, 0) is 11.3 Å².